The molecular weight excluding hydrogens is 530 g/mol. The molecule has 1 fully saturated rings. The number of thioether (sulfide) groups is 1. The van der Waals surface area contributed by atoms with Crippen LogP contribution in [0, 0.1) is 6.92 Å². The summed E-state index contributed by atoms with van der Waals surface area (Å²) in [5, 5.41) is 16.9. The van der Waals surface area contributed by atoms with Gasteiger partial charge >= 0.3 is 0 Å². The van der Waals surface area contributed by atoms with Crippen molar-refractivity contribution in [1.82, 2.24) is 15.5 Å². The molecule has 0 aliphatic carbocycles. The van der Waals surface area contributed by atoms with Crippen LogP contribution in [0.25, 0.3) is 0 Å². The van der Waals surface area contributed by atoms with Crippen LogP contribution in [0.4, 0.5) is 0 Å². The maximum atomic E-state index is 13.5. The lowest BCUT2D eigenvalue weighted by Gasteiger charge is -2.33. The molecule has 0 radical (unpaired) electrons. The number of carbonyl (C=O) groups excluding carboxylic acids is 3. The molecule has 0 bridgehead atoms. The molecule has 3 amide bonds. The molecule has 0 aromatic heterocycles. The van der Waals surface area contributed by atoms with Crippen LogP contribution >= 0.6 is 27.7 Å². The van der Waals surface area contributed by atoms with Crippen molar-refractivity contribution in [3.8, 4) is 0 Å². The van der Waals surface area contributed by atoms with E-state index in [0.717, 1.165) is 16.7 Å². The number of nitrogens with zero attached hydrogens (tertiary/aromatic N) is 1. The second kappa shape index (κ2) is 12.1. The Morgan fingerprint density at radius 2 is 1.80 bits per heavy atom. The summed E-state index contributed by atoms with van der Waals surface area (Å²) in [6.45, 7) is 6.18. The lowest BCUT2D eigenvalue weighted by molar-refractivity contribution is -0.147. The Kier molecular flexibility index (Phi) is 9.38. The minimum Gasteiger partial charge on any atom is -0.381 e. The Labute approximate surface area is 219 Å². The summed E-state index contributed by atoms with van der Waals surface area (Å²) in [6, 6.07) is 15.6. The molecule has 0 saturated carbocycles. The van der Waals surface area contributed by atoms with E-state index >= 15 is 0 Å². The van der Waals surface area contributed by atoms with E-state index in [-0.39, 0.29) is 29.4 Å². The van der Waals surface area contributed by atoms with Gasteiger partial charge in [0.15, 0.2) is 6.10 Å². The van der Waals surface area contributed by atoms with E-state index in [1.165, 1.54) is 16.7 Å². The average Bonchev–Trinajstić information content (AvgIpc) is 3.17. The fraction of sp³-hybridized carbons (Fsp3) is 0.423. The zero-order valence-electron chi connectivity index (χ0n) is 20.2. The predicted octanol–water partition coefficient (Wildman–Crippen LogP) is 2.77. The molecule has 1 aliphatic rings. The molecule has 1 saturated heterocycles. The molecule has 2 aromatic carbocycles. The number of aryl methyl sites for hydroxylation is 1. The summed E-state index contributed by atoms with van der Waals surface area (Å²) >= 11 is 4.61. The van der Waals surface area contributed by atoms with Gasteiger partial charge in [-0.05, 0) is 43.9 Å². The Bertz CT molecular complexity index is 1050. The van der Waals surface area contributed by atoms with Crippen molar-refractivity contribution in [3.05, 3.63) is 71.3 Å². The highest BCUT2D eigenvalue weighted by atomic mass is 79.9. The van der Waals surface area contributed by atoms with E-state index in [4.69, 9.17) is 0 Å². The van der Waals surface area contributed by atoms with Crippen LogP contribution in [0.3, 0.4) is 0 Å². The Hall–Kier alpha value is -2.36. The lowest BCUT2D eigenvalue weighted by atomic mass is 9.97. The molecule has 3 atom stereocenters. The van der Waals surface area contributed by atoms with Gasteiger partial charge in [0.2, 0.25) is 11.8 Å². The highest BCUT2D eigenvalue weighted by molar-refractivity contribution is 9.09. The number of hydrogen-bond acceptors (Lipinski definition) is 5. The van der Waals surface area contributed by atoms with Gasteiger partial charge in [-0.25, -0.2) is 0 Å². The second-order valence-electron chi connectivity index (χ2n) is 9.17. The van der Waals surface area contributed by atoms with Gasteiger partial charge in [0.25, 0.3) is 5.91 Å². The zero-order chi connectivity index (χ0) is 25.6. The topological polar surface area (TPSA) is 98.7 Å². The van der Waals surface area contributed by atoms with Crippen LogP contribution in [0.2, 0.25) is 0 Å². The van der Waals surface area contributed by atoms with Gasteiger partial charge in [-0.15, -0.1) is 11.8 Å². The number of aliphatic hydroxyl groups is 1. The van der Waals surface area contributed by atoms with E-state index < -0.39 is 28.8 Å². The fourth-order valence-electron chi connectivity index (χ4n) is 4.20. The number of alkyl halides is 1. The summed E-state index contributed by atoms with van der Waals surface area (Å²) < 4.78 is -0.542. The number of benzene rings is 2. The van der Waals surface area contributed by atoms with Crippen molar-refractivity contribution in [2.24, 2.45) is 0 Å². The van der Waals surface area contributed by atoms with Crippen LogP contribution in [-0.2, 0) is 27.3 Å². The largest absolute Gasteiger partial charge is 0.381 e. The summed E-state index contributed by atoms with van der Waals surface area (Å²) in [4.78, 5) is 40.3. The molecule has 9 heteroatoms. The van der Waals surface area contributed by atoms with E-state index in [9.17, 15) is 19.5 Å². The van der Waals surface area contributed by atoms with Crippen molar-refractivity contribution < 1.29 is 19.5 Å². The molecule has 3 N–H and O–H groups in total. The van der Waals surface area contributed by atoms with E-state index in [0.29, 0.717) is 6.54 Å². The van der Waals surface area contributed by atoms with E-state index in [1.54, 1.807) is 0 Å². The molecule has 0 spiro atoms. The summed E-state index contributed by atoms with van der Waals surface area (Å²) in [6.07, 6.45) is -1.22. The van der Waals surface area contributed by atoms with Crippen molar-refractivity contribution in [2.45, 2.75) is 56.7 Å². The number of rotatable bonds is 9. The highest BCUT2D eigenvalue weighted by Gasteiger charge is 2.49. The maximum absolute atomic E-state index is 13.5. The first-order chi connectivity index (χ1) is 16.6. The number of amides is 3. The second-order valence-corrected chi connectivity index (χ2v) is 11.3. The first-order valence-electron chi connectivity index (χ1n) is 11.5. The van der Waals surface area contributed by atoms with Crippen molar-refractivity contribution >= 4 is 45.4 Å². The fourth-order valence-corrected chi connectivity index (χ4v) is 5.50. The van der Waals surface area contributed by atoms with Crippen molar-refractivity contribution in [3.63, 3.8) is 0 Å². The number of carbonyl (C=O) groups is 3. The predicted molar refractivity (Wildman–Crippen MR) is 142 cm³/mol. The Morgan fingerprint density at radius 1 is 1.14 bits per heavy atom. The Morgan fingerprint density at radius 3 is 2.46 bits per heavy atom. The zero-order valence-corrected chi connectivity index (χ0v) is 22.6. The smallest absolute Gasteiger partial charge is 0.254 e. The molecule has 1 heterocycles. The molecule has 3 rings (SSSR count). The summed E-state index contributed by atoms with van der Waals surface area (Å²) in [5.74, 6) is -0.903. The van der Waals surface area contributed by atoms with Gasteiger partial charge in [0, 0.05) is 11.3 Å². The number of aliphatic hydroxyl groups excluding tert-OH is 1. The van der Waals surface area contributed by atoms with Gasteiger partial charge in [0.1, 0.15) is 6.04 Å². The SMILES string of the molecule is Cc1ccccc1CNC(=O)[C@H]1N(C(=O)[C@@H](O)[C@H](Cc2ccccc2)NC(=O)CBr)CSC1(C)C. The number of hydrogen-bond donors (Lipinski definition) is 3. The van der Waals surface area contributed by atoms with Crippen LogP contribution in [-0.4, -0.2) is 61.9 Å². The monoisotopic (exact) mass is 561 g/mol. The van der Waals surface area contributed by atoms with E-state index in [1.807, 2.05) is 75.4 Å². The summed E-state index contributed by atoms with van der Waals surface area (Å²) in [5.41, 5.74) is 2.95. The third kappa shape index (κ3) is 6.86. The minimum atomic E-state index is -1.50. The Balaban J connectivity index is 1.77. The van der Waals surface area contributed by atoms with Gasteiger partial charge in [0.05, 0.1) is 17.2 Å². The van der Waals surface area contributed by atoms with Gasteiger partial charge < -0.3 is 20.6 Å². The molecular formula is C26H32BrN3O4S. The molecule has 7 nitrogen and oxygen atoms in total. The maximum Gasteiger partial charge on any atom is 0.254 e. The molecule has 1 aliphatic heterocycles. The molecule has 0 unspecified atom stereocenters. The van der Waals surface area contributed by atoms with Crippen LogP contribution < -0.4 is 10.6 Å². The lowest BCUT2D eigenvalue weighted by Crippen LogP contribution is -2.58. The number of halogens is 1. The average molecular weight is 563 g/mol. The summed E-state index contributed by atoms with van der Waals surface area (Å²) in [7, 11) is 0. The molecule has 35 heavy (non-hydrogen) atoms. The van der Waals surface area contributed by atoms with Crippen molar-refractivity contribution in [2.75, 3.05) is 11.2 Å². The molecule has 2 aromatic rings. The molecule has 188 valence electrons. The first-order valence-corrected chi connectivity index (χ1v) is 13.6. The quantitative estimate of drug-likeness (QED) is 0.409. The van der Waals surface area contributed by atoms with Crippen molar-refractivity contribution in [1.29, 1.82) is 0 Å². The van der Waals surface area contributed by atoms with Crippen LogP contribution in [0.1, 0.15) is 30.5 Å². The van der Waals surface area contributed by atoms with Gasteiger partial charge in [-0.1, -0.05) is 70.5 Å². The normalized spacial score (nSPS) is 18.5. The van der Waals surface area contributed by atoms with E-state index in [2.05, 4.69) is 26.6 Å². The third-order valence-corrected chi connectivity index (χ3v) is 8.08. The minimum absolute atomic E-state index is 0.0513. The van der Waals surface area contributed by atoms with Crippen LogP contribution in [0.5, 0.6) is 0 Å². The highest BCUT2D eigenvalue weighted by Crippen LogP contribution is 2.40. The standard InChI is InChI=1S/C26H32BrN3O4S/c1-17-9-7-8-12-19(17)15-28-24(33)23-26(2,3)35-16-30(23)25(34)22(32)20(29-21(31)14-27)13-18-10-5-4-6-11-18/h4-12,20,22-23,32H,13-16H2,1-3H3,(H,28,33)(H,29,31)/t20-,22-,23+/m0/s1. The number of nitrogens with one attached hydrogen (secondary N) is 2. The van der Waals surface area contributed by atoms with Crippen LogP contribution in [0.15, 0.2) is 54.6 Å². The first kappa shape index (κ1) is 27.2. The van der Waals surface area contributed by atoms with Gasteiger partial charge in [-0.2, -0.15) is 0 Å². The van der Waals surface area contributed by atoms with Gasteiger partial charge in [-0.3, -0.25) is 14.4 Å². The third-order valence-electron chi connectivity index (χ3n) is 6.19.